The molecule has 9 nitrogen and oxygen atoms in total. The van der Waals surface area contributed by atoms with Crippen molar-refractivity contribution in [2.45, 2.75) is 13.5 Å². The molecule has 0 fully saturated rings. The van der Waals surface area contributed by atoms with Crippen LogP contribution in [0.15, 0.2) is 79.3 Å². The van der Waals surface area contributed by atoms with Gasteiger partial charge < -0.3 is 10.6 Å². The molecular weight excluding hydrogens is 442 g/mol. The zero-order valence-electron chi connectivity index (χ0n) is 19.3. The number of amides is 2. The smallest absolute Gasteiger partial charge is 0.278 e. The molecule has 2 N–H and O–H groups in total. The fourth-order valence-corrected chi connectivity index (χ4v) is 3.81. The van der Waals surface area contributed by atoms with Gasteiger partial charge in [0.1, 0.15) is 0 Å². The molecule has 174 valence electrons. The van der Waals surface area contributed by atoms with Crippen molar-refractivity contribution >= 4 is 34.1 Å². The van der Waals surface area contributed by atoms with Crippen LogP contribution in [-0.2, 0) is 13.6 Å². The van der Waals surface area contributed by atoms with E-state index in [-0.39, 0.29) is 11.6 Å². The molecule has 0 atom stereocenters. The van der Waals surface area contributed by atoms with Crippen LogP contribution in [0.4, 0.5) is 11.4 Å². The summed E-state index contributed by atoms with van der Waals surface area (Å²) in [6.45, 7) is 2.46. The molecule has 0 spiro atoms. The maximum absolute atomic E-state index is 13.5. The van der Waals surface area contributed by atoms with Crippen LogP contribution in [0.3, 0.4) is 0 Å². The standard InChI is InChI=1S/C26H23N7O2/c1-3-33-16-23(24(31-33)26(35)28-18-9-5-4-6-10-18)30-25(34)20-13-22(17-14-27-32(2)15-17)29-21-12-8-7-11-19(20)21/h4-16H,3H2,1-2H3,(H,28,35)(H,30,34). The molecule has 2 amide bonds. The number of carbonyl (C=O) groups is 2. The molecular formula is C26H23N7O2. The summed E-state index contributed by atoms with van der Waals surface area (Å²) in [6.07, 6.45) is 5.20. The average molecular weight is 466 g/mol. The van der Waals surface area contributed by atoms with Crippen molar-refractivity contribution in [3.63, 3.8) is 0 Å². The van der Waals surface area contributed by atoms with Crippen molar-refractivity contribution in [1.82, 2.24) is 24.5 Å². The molecule has 9 heteroatoms. The number of aromatic nitrogens is 5. The largest absolute Gasteiger partial charge is 0.321 e. The summed E-state index contributed by atoms with van der Waals surface area (Å²) in [6, 6.07) is 18.3. The van der Waals surface area contributed by atoms with Gasteiger partial charge in [-0.15, -0.1) is 0 Å². The number of nitrogens with one attached hydrogen (secondary N) is 2. The number of hydrogen-bond donors (Lipinski definition) is 2. The van der Waals surface area contributed by atoms with Crippen LogP contribution in [0, 0.1) is 0 Å². The predicted molar refractivity (Wildman–Crippen MR) is 134 cm³/mol. The fraction of sp³-hybridized carbons (Fsp3) is 0.115. The van der Waals surface area contributed by atoms with Crippen molar-refractivity contribution in [3.05, 3.63) is 90.5 Å². The Morgan fingerprint density at radius 1 is 0.943 bits per heavy atom. The number of hydrogen-bond acceptors (Lipinski definition) is 5. The molecule has 5 rings (SSSR count). The first-order valence-electron chi connectivity index (χ1n) is 11.2. The minimum Gasteiger partial charge on any atom is -0.321 e. The van der Waals surface area contributed by atoms with E-state index in [4.69, 9.17) is 4.98 Å². The van der Waals surface area contributed by atoms with Gasteiger partial charge >= 0.3 is 0 Å². The maximum Gasteiger partial charge on any atom is 0.278 e. The highest BCUT2D eigenvalue weighted by atomic mass is 16.2. The Labute approximate surface area is 201 Å². The summed E-state index contributed by atoms with van der Waals surface area (Å²) in [4.78, 5) is 31.2. The first kappa shape index (κ1) is 22.0. The number of pyridine rings is 1. The van der Waals surface area contributed by atoms with Gasteiger partial charge in [0.15, 0.2) is 5.69 Å². The van der Waals surface area contributed by atoms with Crippen LogP contribution in [0.1, 0.15) is 27.8 Å². The minimum absolute atomic E-state index is 0.134. The maximum atomic E-state index is 13.5. The molecule has 35 heavy (non-hydrogen) atoms. The van der Waals surface area contributed by atoms with Crippen molar-refractivity contribution in [3.8, 4) is 11.3 Å². The first-order valence-corrected chi connectivity index (χ1v) is 11.2. The number of anilines is 2. The summed E-state index contributed by atoms with van der Waals surface area (Å²) in [5.74, 6) is -0.771. The molecule has 0 bridgehead atoms. The Hall–Kier alpha value is -4.79. The molecule has 0 saturated carbocycles. The van der Waals surface area contributed by atoms with Crippen molar-refractivity contribution in [2.75, 3.05) is 10.6 Å². The zero-order chi connectivity index (χ0) is 24.4. The van der Waals surface area contributed by atoms with Gasteiger partial charge in [0.25, 0.3) is 11.8 Å². The summed E-state index contributed by atoms with van der Waals surface area (Å²) in [5.41, 5.74) is 3.66. The van der Waals surface area contributed by atoms with E-state index >= 15 is 0 Å². The number of carbonyl (C=O) groups excluding carboxylic acids is 2. The van der Waals surface area contributed by atoms with Crippen LogP contribution in [-0.4, -0.2) is 36.4 Å². The number of rotatable bonds is 6. The first-order chi connectivity index (χ1) is 17.0. The lowest BCUT2D eigenvalue weighted by molar-refractivity contribution is 0.102. The van der Waals surface area contributed by atoms with E-state index in [9.17, 15) is 9.59 Å². The van der Waals surface area contributed by atoms with E-state index in [0.29, 0.717) is 40.1 Å². The molecule has 0 unspecified atom stereocenters. The second kappa shape index (κ2) is 9.22. The molecule has 0 radical (unpaired) electrons. The molecule has 3 aromatic heterocycles. The summed E-state index contributed by atoms with van der Waals surface area (Å²) >= 11 is 0. The molecule has 3 heterocycles. The van der Waals surface area contributed by atoms with Gasteiger partial charge in [-0.25, -0.2) is 4.98 Å². The molecule has 0 aliphatic heterocycles. The lowest BCUT2D eigenvalue weighted by atomic mass is 10.0. The van der Waals surface area contributed by atoms with E-state index in [0.717, 1.165) is 5.56 Å². The van der Waals surface area contributed by atoms with Gasteiger partial charge in [0, 0.05) is 42.6 Å². The van der Waals surface area contributed by atoms with Gasteiger partial charge in [0.05, 0.1) is 28.7 Å². The normalized spacial score (nSPS) is 10.9. The topological polar surface area (TPSA) is 107 Å². The zero-order valence-corrected chi connectivity index (χ0v) is 19.3. The van der Waals surface area contributed by atoms with Crippen LogP contribution in [0.2, 0.25) is 0 Å². The van der Waals surface area contributed by atoms with E-state index in [2.05, 4.69) is 20.8 Å². The highest BCUT2D eigenvalue weighted by Crippen LogP contribution is 2.26. The fourth-order valence-electron chi connectivity index (χ4n) is 3.81. The second-order valence-corrected chi connectivity index (χ2v) is 8.00. The summed E-state index contributed by atoms with van der Waals surface area (Å²) < 4.78 is 3.30. The van der Waals surface area contributed by atoms with Crippen LogP contribution < -0.4 is 10.6 Å². The molecule has 5 aromatic rings. The van der Waals surface area contributed by atoms with Crippen molar-refractivity contribution in [1.29, 1.82) is 0 Å². The summed E-state index contributed by atoms with van der Waals surface area (Å²) in [5, 5.41) is 15.0. The highest BCUT2D eigenvalue weighted by molar-refractivity contribution is 6.15. The van der Waals surface area contributed by atoms with Gasteiger partial charge in [-0.3, -0.25) is 19.0 Å². The quantitative estimate of drug-likeness (QED) is 0.388. The van der Waals surface area contributed by atoms with E-state index in [1.165, 1.54) is 0 Å². The third kappa shape index (κ3) is 4.51. The van der Waals surface area contributed by atoms with Crippen molar-refractivity contribution < 1.29 is 9.59 Å². The number of aryl methyl sites for hydroxylation is 2. The van der Waals surface area contributed by atoms with E-state index in [1.807, 2.05) is 62.6 Å². The van der Waals surface area contributed by atoms with Crippen molar-refractivity contribution in [2.24, 2.45) is 7.05 Å². The Bertz CT molecular complexity index is 1540. The van der Waals surface area contributed by atoms with Gasteiger partial charge in [0.2, 0.25) is 0 Å². The van der Waals surface area contributed by atoms with E-state index in [1.54, 1.807) is 40.0 Å². The number of fused-ring (bicyclic) bond motifs is 1. The second-order valence-electron chi connectivity index (χ2n) is 8.00. The van der Waals surface area contributed by atoms with Gasteiger partial charge in [-0.05, 0) is 31.2 Å². The van der Waals surface area contributed by atoms with Crippen LogP contribution in [0.5, 0.6) is 0 Å². The minimum atomic E-state index is -0.408. The Morgan fingerprint density at radius 3 is 2.46 bits per heavy atom. The van der Waals surface area contributed by atoms with Gasteiger partial charge in [-0.1, -0.05) is 36.4 Å². The molecule has 2 aromatic carbocycles. The lowest BCUT2D eigenvalue weighted by Crippen LogP contribution is -2.18. The third-order valence-corrected chi connectivity index (χ3v) is 5.54. The van der Waals surface area contributed by atoms with Gasteiger partial charge in [-0.2, -0.15) is 10.2 Å². The lowest BCUT2D eigenvalue weighted by Gasteiger charge is -2.10. The van der Waals surface area contributed by atoms with Crippen LogP contribution in [0.25, 0.3) is 22.2 Å². The number of para-hydroxylation sites is 2. The third-order valence-electron chi connectivity index (χ3n) is 5.54. The molecule has 0 aliphatic rings. The predicted octanol–water partition coefficient (Wildman–Crippen LogP) is 4.36. The van der Waals surface area contributed by atoms with Crippen LogP contribution >= 0.6 is 0 Å². The summed E-state index contributed by atoms with van der Waals surface area (Å²) in [7, 11) is 1.82. The number of nitrogens with zero attached hydrogens (tertiary/aromatic N) is 5. The monoisotopic (exact) mass is 465 g/mol. The number of benzene rings is 2. The Kier molecular flexibility index (Phi) is 5.80. The SMILES string of the molecule is CCn1cc(NC(=O)c2cc(-c3cnn(C)c3)nc3ccccc23)c(C(=O)Nc2ccccc2)n1. The Balaban J connectivity index is 1.51. The average Bonchev–Trinajstić information content (AvgIpc) is 3.50. The molecule has 0 aliphatic carbocycles. The Morgan fingerprint density at radius 2 is 1.71 bits per heavy atom. The van der Waals surface area contributed by atoms with E-state index < -0.39 is 5.91 Å². The highest BCUT2D eigenvalue weighted by Gasteiger charge is 2.21. The molecule has 0 saturated heterocycles.